The second-order valence-electron chi connectivity index (χ2n) is 5.22. The maximum Gasteiger partial charge on any atom is 0.289 e. The van der Waals surface area contributed by atoms with Crippen molar-refractivity contribution in [3.8, 4) is 0 Å². The number of nitrogens with zero attached hydrogens (tertiary/aromatic N) is 1. The van der Waals surface area contributed by atoms with E-state index >= 15 is 0 Å². The molecule has 0 bridgehead atoms. The van der Waals surface area contributed by atoms with Crippen molar-refractivity contribution in [2.24, 2.45) is 5.92 Å². The predicted molar refractivity (Wildman–Crippen MR) is 79.8 cm³/mol. The summed E-state index contributed by atoms with van der Waals surface area (Å²) in [4.78, 5) is 10.1. The summed E-state index contributed by atoms with van der Waals surface area (Å²) in [5, 5.41) is 14.0. The smallest absolute Gasteiger partial charge is 0.289 e. The van der Waals surface area contributed by atoms with Gasteiger partial charge < -0.3 is 5.32 Å². The molecule has 1 unspecified atom stereocenters. The molecular weight excluding hydrogens is 294 g/mol. The number of benzene rings is 1. The van der Waals surface area contributed by atoms with Crippen LogP contribution in [0.3, 0.4) is 0 Å². The lowest BCUT2D eigenvalue weighted by Gasteiger charge is -2.14. The Morgan fingerprint density at radius 3 is 2.62 bits per heavy atom. The Morgan fingerprint density at radius 1 is 1.43 bits per heavy atom. The molecule has 0 aromatic heterocycles. The van der Waals surface area contributed by atoms with E-state index in [9.17, 15) is 18.5 Å². The van der Waals surface area contributed by atoms with E-state index in [-0.39, 0.29) is 10.9 Å². The van der Waals surface area contributed by atoms with Crippen molar-refractivity contribution in [2.45, 2.75) is 37.6 Å². The number of sulfonamides is 1. The number of hydrogen-bond acceptors (Lipinski definition) is 5. The first-order valence-corrected chi connectivity index (χ1v) is 8.38. The highest BCUT2D eigenvalue weighted by molar-refractivity contribution is 7.89. The van der Waals surface area contributed by atoms with Crippen LogP contribution in [-0.4, -0.2) is 25.9 Å². The summed E-state index contributed by atoms with van der Waals surface area (Å²) in [7, 11) is -3.91. The van der Waals surface area contributed by atoms with E-state index in [4.69, 9.17) is 0 Å². The summed E-state index contributed by atoms with van der Waals surface area (Å²) < 4.78 is 27.4. The minimum atomic E-state index is -3.91. The lowest BCUT2D eigenvalue weighted by atomic mass is 10.2. The Balaban J connectivity index is 2.37. The summed E-state index contributed by atoms with van der Waals surface area (Å²) in [5.41, 5.74) is 0.134. The lowest BCUT2D eigenvalue weighted by Crippen LogP contribution is -2.34. The molecule has 0 amide bonds. The Hall–Kier alpha value is -1.67. The van der Waals surface area contributed by atoms with Gasteiger partial charge in [-0.25, -0.2) is 13.1 Å². The van der Waals surface area contributed by atoms with Crippen LogP contribution in [0.1, 0.15) is 26.7 Å². The molecule has 8 heteroatoms. The minimum Gasteiger partial charge on any atom is -0.385 e. The minimum absolute atomic E-state index is 0.211. The van der Waals surface area contributed by atoms with Crippen LogP contribution in [0, 0.1) is 16.0 Å². The molecule has 7 nitrogen and oxygen atoms in total. The number of rotatable bonds is 7. The van der Waals surface area contributed by atoms with Crippen LogP contribution in [0.15, 0.2) is 23.1 Å². The second kappa shape index (κ2) is 5.98. The van der Waals surface area contributed by atoms with Crippen LogP contribution in [0.5, 0.6) is 0 Å². The number of hydrogen-bond donors (Lipinski definition) is 2. The molecule has 1 saturated carbocycles. The van der Waals surface area contributed by atoms with Gasteiger partial charge in [0.05, 0.1) is 4.92 Å². The van der Waals surface area contributed by atoms with Gasteiger partial charge in [0, 0.05) is 24.3 Å². The third-order valence-electron chi connectivity index (χ3n) is 3.50. The molecule has 1 aromatic carbocycles. The highest BCUT2D eigenvalue weighted by atomic mass is 32.2. The van der Waals surface area contributed by atoms with E-state index in [0.29, 0.717) is 18.2 Å². The van der Waals surface area contributed by atoms with E-state index in [1.165, 1.54) is 18.2 Å². The zero-order valence-corrected chi connectivity index (χ0v) is 12.8. The molecule has 0 heterocycles. The summed E-state index contributed by atoms with van der Waals surface area (Å²) >= 11 is 0. The van der Waals surface area contributed by atoms with Crippen LogP contribution in [0.2, 0.25) is 0 Å². The second-order valence-corrected chi connectivity index (χ2v) is 6.90. The number of anilines is 1. The summed E-state index contributed by atoms with van der Waals surface area (Å²) in [6, 6.07) is 3.82. The predicted octanol–water partition coefficient (Wildman–Crippen LogP) is 2.10. The van der Waals surface area contributed by atoms with Crippen molar-refractivity contribution in [1.29, 1.82) is 0 Å². The van der Waals surface area contributed by atoms with E-state index in [1.807, 2.05) is 6.92 Å². The fraction of sp³-hybridized carbons (Fsp3) is 0.538. The number of nitro groups is 1. The highest BCUT2D eigenvalue weighted by Crippen LogP contribution is 2.34. The molecule has 1 aromatic rings. The molecule has 0 aliphatic heterocycles. The van der Waals surface area contributed by atoms with Crippen molar-refractivity contribution in [3.63, 3.8) is 0 Å². The zero-order valence-electron chi connectivity index (χ0n) is 12.0. The standard InChI is InChI=1S/C13H19N3O4S/c1-3-14-11-6-7-12(16(17)18)13(8-11)21(19,20)15-9(2)10-4-5-10/h6-10,14-15H,3-5H2,1-2H3. The Morgan fingerprint density at radius 2 is 2.10 bits per heavy atom. The van der Waals surface area contributed by atoms with Gasteiger partial charge in [-0.3, -0.25) is 10.1 Å². The first kappa shape index (κ1) is 15.7. The highest BCUT2D eigenvalue weighted by Gasteiger charge is 2.33. The van der Waals surface area contributed by atoms with E-state index < -0.39 is 20.6 Å². The van der Waals surface area contributed by atoms with Crippen molar-refractivity contribution >= 4 is 21.4 Å². The maximum absolute atomic E-state index is 12.4. The average molecular weight is 313 g/mol. The summed E-state index contributed by atoms with van der Waals surface area (Å²) in [6.07, 6.45) is 1.98. The Kier molecular flexibility index (Phi) is 4.48. The van der Waals surface area contributed by atoms with Crippen LogP contribution in [0.25, 0.3) is 0 Å². The normalized spacial score (nSPS) is 16.5. The summed E-state index contributed by atoms with van der Waals surface area (Å²) in [6.45, 7) is 4.25. The van der Waals surface area contributed by atoms with Gasteiger partial charge in [-0.15, -0.1) is 0 Å². The third kappa shape index (κ3) is 3.70. The fourth-order valence-corrected chi connectivity index (χ4v) is 3.70. The molecule has 2 rings (SSSR count). The third-order valence-corrected chi connectivity index (χ3v) is 5.09. The molecule has 2 N–H and O–H groups in total. The quantitative estimate of drug-likeness (QED) is 0.593. The molecule has 21 heavy (non-hydrogen) atoms. The fourth-order valence-electron chi connectivity index (χ4n) is 2.19. The molecule has 1 atom stereocenters. The molecule has 0 radical (unpaired) electrons. The Bertz CT molecular complexity index is 641. The van der Waals surface area contributed by atoms with E-state index in [0.717, 1.165) is 12.8 Å². The lowest BCUT2D eigenvalue weighted by molar-refractivity contribution is -0.387. The van der Waals surface area contributed by atoms with Crippen LogP contribution in [-0.2, 0) is 10.0 Å². The van der Waals surface area contributed by atoms with Crippen LogP contribution >= 0.6 is 0 Å². The SMILES string of the molecule is CCNc1ccc([N+](=O)[O-])c(S(=O)(=O)NC(C)C2CC2)c1. The molecule has 116 valence electrons. The molecular formula is C13H19N3O4S. The van der Waals surface area contributed by atoms with Crippen LogP contribution < -0.4 is 10.0 Å². The average Bonchev–Trinajstić information content (AvgIpc) is 3.22. The van der Waals surface area contributed by atoms with Crippen molar-refractivity contribution in [2.75, 3.05) is 11.9 Å². The van der Waals surface area contributed by atoms with Crippen molar-refractivity contribution < 1.29 is 13.3 Å². The van der Waals surface area contributed by atoms with E-state index in [1.54, 1.807) is 6.92 Å². The Labute approximate surface area is 123 Å². The van der Waals surface area contributed by atoms with Crippen molar-refractivity contribution in [3.05, 3.63) is 28.3 Å². The van der Waals surface area contributed by atoms with Gasteiger partial charge in [0.1, 0.15) is 0 Å². The largest absolute Gasteiger partial charge is 0.385 e. The van der Waals surface area contributed by atoms with Gasteiger partial charge in [-0.05, 0) is 44.7 Å². The van der Waals surface area contributed by atoms with Gasteiger partial charge in [-0.2, -0.15) is 0 Å². The number of nitro benzene ring substituents is 1. The topological polar surface area (TPSA) is 101 Å². The van der Waals surface area contributed by atoms with E-state index in [2.05, 4.69) is 10.0 Å². The maximum atomic E-state index is 12.4. The molecule has 1 aliphatic carbocycles. The molecule has 1 fully saturated rings. The number of nitrogens with one attached hydrogen (secondary N) is 2. The van der Waals surface area contributed by atoms with Gasteiger partial charge in [0.25, 0.3) is 5.69 Å². The van der Waals surface area contributed by atoms with Crippen molar-refractivity contribution in [1.82, 2.24) is 4.72 Å². The van der Waals surface area contributed by atoms with Gasteiger partial charge in [0.15, 0.2) is 4.90 Å². The van der Waals surface area contributed by atoms with Crippen LogP contribution in [0.4, 0.5) is 11.4 Å². The molecule has 0 saturated heterocycles. The molecule has 1 aliphatic rings. The van der Waals surface area contributed by atoms with Gasteiger partial charge in [0.2, 0.25) is 10.0 Å². The molecule has 0 spiro atoms. The monoisotopic (exact) mass is 313 g/mol. The van der Waals surface area contributed by atoms with Gasteiger partial charge in [-0.1, -0.05) is 0 Å². The zero-order chi connectivity index (χ0) is 15.6. The first-order chi connectivity index (χ1) is 9.85. The summed E-state index contributed by atoms with van der Waals surface area (Å²) in [5.74, 6) is 0.329. The first-order valence-electron chi connectivity index (χ1n) is 6.89. The van der Waals surface area contributed by atoms with Gasteiger partial charge >= 0.3 is 0 Å².